The Morgan fingerprint density at radius 3 is 2.20 bits per heavy atom. The van der Waals surface area contributed by atoms with Crippen molar-refractivity contribution in [2.45, 2.75) is 20.1 Å². The average molecular weight is 227 g/mol. The van der Waals surface area contributed by atoms with Gasteiger partial charge in [-0.1, -0.05) is 13.8 Å². The quantitative estimate of drug-likeness (QED) is 0.692. The number of carbonyl (C=O) groups is 1. The highest BCUT2D eigenvalue weighted by Crippen LogP contribution is 2.08. The van der Waals surface area contributed by atoms with Crippen molar-refractivity contribution in [2.75, 3.05) is 26.2 Å². The number of hydrogen-bond acceptors (Lipinski definition) is 2. The lowest BCUT2D eigenvalue weighted by Gasteiger charge is -2.18. The van der Waals surface area contributed by atoms with E-state index in [2.05, 4.69) is 5.32 Å². The van der Waals surface area contributed by atoms with Crippen LogP contribution in [-0.4, -0.2) is 43.4 Å². The molecule has 15 heavy (non-hydrogen) atoms. The van der Waals surface area contributed by atoms with Crippen molar-refractivity contribution in [3.63, 3.8) is 0 Å². The highest BCUT2D eigenvalue weighted by molar-refractivity contribution is 5.74. The predicted octanol–water partition coefficient (Wildman–Crippen LogP) is 1.15. The maximum atomic E-state index is 11.6. The zero-order valence-corrected chi connectivity index (χ0v) is 8.82. The van der Waals surface area contributed by atoms with Crippen LogP contribution in [0.25, 0.3) is 0 Å². The van der Waals surface area contributed by atoms with Crippen LogP contribution >= 0.6 is 0 Å². The van der Waals surface area contributed by atoms with Gasteiger partial charge in [0.15, 0.2) is 0 Å². The Labute approximate surface area is 86.8 Å². The van der Waals surface area contributed by atoms with Gasteiger partial charge in [0, 0.05) is 13.1 Å². The molecule has 2 amide bonds. The molecule has 0 aliphatic carbocycles. The molecular weight excluding hydrogens is 211 g/mol. The van der Waals surface area contributed by atoms with Crippen LogP contribution in [0.3, 0.4) is 0 Å². The molecule has 0 rings (SSSR count). The Morgan fingerprint density at radius 1 is 1.27 bits per heavy atom. The first-order valence-electron chi connectivity index (χ1n) is 4.74. The van der Waals surface area contributed by atoms with Gasteiger partial charge in [-0.3, -0.25) is 0 Å². The number of hydrogen-bond donors (Lipinski definition) is 2. The van der Waals surface area contributed by atoms with E-state index < -0.39 is 12.3 Å². The van der Waals surface area contributed by atoms with Crippen molar-refractivity contribution in [3.05, 3.63) is 0 Å². The van der Waals surface area contributed by atoms with Gasteiger partial charge >= 0.3 is 12.3 Å². The van der Waals surface area contributed by atoms with Crippen LogP contribution in [0.15, 0.2) is 0 Å². The molecule has 0 heterocycles. The van der Waals surface area contributed by atoms with Gasteiger partial charge in [-0.05, 0) is 13.1 Å². The second-order valence-corrected chi connectivity index (χ2v) is 2.91. The van der Waals surface area contributed by atoms with E-state index in [0.717, 1.165) is 18.4 Å². The van der Waals surface area contributed by atoms with E-state index in [0.29, 0.717) is 6.54 Å². The van der Waals surface area contributed by atoms with Gasteiger partial charge in [0.1, 0.15) is 0 Å². The van der Waals surface area contributed by atoms with Crippen LogP contribution in [0.4, 0.5) is 18.0 Å². The smallest absolute Gasteiger partial charge is 0.337 e. The number of likely N-dealkylation sites (N-methyl/N-ethyl adjacent to an activating group) is 1. The van der Waals surface area contributed by atoms with Crippen molar-refractivity contribution >= 4 is 6.03 Å². The molecule has 0 saturated carbocycles. The Bertz CT molecular complexity index is 192. The third-order valence-corrected chi connectivity index (χ3v) is 1.86. The van der Waals surface area contributed by atoms with Crippen LogP contribution in [0.1, 0.15) is 13.8 Å². The van der Waals surface area contributed by atoms with E-state index in [4.69, 9.17) is 0 Å². The monoisotopic (exact) mass is 227 g/mol. The first kappa shape index (κ1) is 14.0. The molecule has 0 bridgehead atoms. The molecule has 7 heteroatoms. The van der Waals surface area contributed by atoms with Gasteiger partial charge in [-0.15, -0.1) is 0 Å². The molecule has 0 aromatic heterocycles. The third kappa shape index (κ3) is 8.04. The summed E-state index contributed by atoms with van der Waals surface area (Å²) in [5, 5.41) is 2.99. The fourth-order valence-electron chi connectivity index (χ4n) is 1.04. The second kappa shape index (κ2) is 6.49. The summed E-state index contributed by atoms with van der Waals surface area (Å²) in [5.41, 5.74) is 0. The third-order valence-electron chi connectivity index (χ3n) is 1.86. The van der Waals surface area contributed by atoms with E-state index in [9.17, 15) is 18.0 Å². The normalized spacial score (nSPS) is 11.6. The summed E-state index contributed by atoms with van der Waals surface area (Å²) in [6.45, 7) is 6.23. The Hall–Kier alpha value is -0.980. The van der Waals surface area contributed by atoms with E-state index in [1.54, 1.807) is 0 Å². The molecule has 0 aromatic carbocycles. The highest BCUT2D eigenvalue weighted by Gasteiger charge is 2.29. The van der Waals surface area contributed by atoms with Gasteiger partial charge in [-0.2, -0.15) is 13.2 Å². The maximum absolute atomic E-state index is 11.6. The van der Waals surface area contributed by atoms with E-state index >= 15 is 0 Å². The molecule has 0 atom stereocenters. The zero-order chi connectivity index (χ0) is 11.9. The Balaban J connectivity index is 3.64. The van der Waals surface area contributed by atoms with Crippen molar-refractivity contribution in [2.24, 2.45) is 0 Å². The predicted molar refractivity (Wildman–Crippen MR) is 50.4 cm³/mol. The topological polar surface area (TPSA) is 44.4 Å². The van der Waals surface area contributed by atoms with Crippen LogP contribution in [0.2, 0.25) is 0 Å². The van der Waals surface area contributed by atoms with Crippen LogP contribution in [0.5, 0.6) is 0 Å². The minimum atomic E-state index is -4.67. The molecule has 0 aromatic rings. The summed E-state index contributed by atoms with van der Waals surface area (Å²) in [4.78, 5) is 12.7. The number of amides is 2. The molecule has 0 aliphatic heterocycles. The number of halogens is 3. The minimum absolute atomic E-state index is 0.198. The van der Waals surface area contributed by atoms with Crippen molar-refractivity contribution in [1.29, 1.82) is 0 Å². The summed E-state index contributed by atoms with van der Waals surface area (Å²) in [7, 11) is 0. The van der Waals surface area contributed by atoms with Gasteiger partial charge in [-0.25, -0.2) is 10.1 Å². The van der Waals surface area contributed by atoms with Crippen molar-refractivity contribution in [1.82, 2.24) is 15.5 Å². The van der Waals surface area contributed by atoms with Crippen LogP contribution in [0, 0.1) is 0 Å². The molecular formula is C8H16F3N3O. The Morgan fingerprint density at radius 2 is 1.80 bits per heavy atom. The van der Waals surface area contributed by atoms with Gasteiger partial charge < -0.3 is 10.2 Å². The molecule has 0 unspecified atom stereocenters. The molecule has 2 N–H and O–H groups in total. The second-order valence-electron chi connectivity index (χ2n) is 2.91. The van der Waals surface area contributed by atoms with Gasteiger partial charge in [0.2, 0.25) is 0 Å². The largest absolute Gasteiger partial charge is 0.485 e. The molecule has 0 radical (unpaired) electrons. The summed E-state index contributed by atoms with van der Waals surface area (Å²) in [5.74, 6) is 0. The first-order valence-corrected chi connectivity index (χ1v) is 4.74. The summed E-state index contributed by atoms with van der Waals surface area (Å²) >= 11 is 0. The number of rotatable bonds is 5. The minimum Gasteiger partial charge on any atom is -0.337 e. The fourth-order valence-corrected chi connectivity index (χ4v) is 1.04. The van der Waals surface area contributed by atoms with Crippen molar-refractivity contribution < 1.29 is 18.0 Å². The number of nitrogens with zero attached hydrogens (tertiary/aromatic N) is 1. The van der Waals surface area contributed by atoms with E-state index in [-0.39, 0.29) is 6.54 Å². The zero-order valence-electron chi connectivity index (χ0n) is 8.82. The average Bonchev–Trinajstić information content (AvgIpc) is 2.09. The maximum Gasteiger partial charge on any atom is 0.485 e. The van der Waals surface area contributed by atoms with Crippen LogP contribution < -0.4 is 10.6 Å². The van der Waals surface area contributed by atoms with Crippen LogP contribution in [-0.2, 0) is 0 Å². The number of nitrogens with one attached hydrogen (secondary N) is 2. The van der Waals surface area contributed by atoms with Crippen molar-refractivity contribution in [3.8, 4) is 0 Å². The molecule has 90 valence electrons. The number of carbonyl (C=O) groups excluding carboxylic acids is 1. The SMILES string of the molecule is CCN(CC)CCNC(=O)NC(F)(F)F. The number of alkyl halides is 3. The summed E-state index contributed by atoms with van der Waals surface area (Å²) in [6.07, 6.45) is -4.67. The molecule has 0 spiro atoms. The molecule has 0 aliphatic rings. The lowest BCUT2D eigenvalue weighted by Crippen LogP contribution is -2.46. The standard InChI is InChI=1S/C8H16F3N3O/c1-3-14(4-2)6-5-12-7(15)13-8(9,10)11/h3-6H2,1-2H3,(H2,12,13,15). The Kier molecular flexibility index (Phi) is 6.07. The molecule has 0 saturated heterocycles. The van der Waals surface area contributed by atoms with Gasteiger partial charge in [0.25, 0.3) is 0 Å². The summed E-state index contributed by atoms with van der Waals surface area (Å²) < 4.78 is 34.9. The highest BCUT2D eigenvalue weighted by atomic mass is 19.4. The molecule has 0 fully saturated rings. The molecule has 4 nitrogen and oxygen atoms in total. The number of urea groups is 1. The summed E-state index contributed by atoms with van der Waals surface area (Å²) in [6, 6.07) is -1.21. The fraction of sp³-hybridized carbons (Fsp3) is 0.875. The van der Waals surface area contributed by atoms with E-state index in [1.807, 2.05) is 18.7 Å². The van der Waals surface area contributed by atoms with Gasteiger partial charge in [0.05, 0.1) is 0 Å². The lowest BCUT2D eigenvalue weighted by molar-refractivity contribution is -0.145. The van der Waals surface area contributed by atoms with E-state index in [1.165, 1.54) is 0 Å². The lowest BCUT2D eigenvalue weighted by atomic mass is 10.4. The first-order chi connectivity index (χ1) is 6.89.